The van der Waals surface area contributed by atoms with Gasteiger partial charge in [-0.05, 0) is 31.4 Å². The molecule has 1 aliphatic rings. The summed E-state index contributed by atoms with van der Waals surface area (Å²) in [5.74, 6) is 1.08. The smallest absolute Gasteiger partial charge is 0.227 e. The van der Waals surface area contributed by atoms with Crippen LogP contribution in [0.15, 0.2) is 22.7 Å². The van der Waals surface area contributed by atoms with E-state index in [9.17, 15) is 9.18 Å². The van der Waals surface area contributed by atoms with Gasteiger partial charge in [0.1, 0.15) is 5.82 Å². The quantitative estimate of drug-likeness (QED) is 0.821. The number of hydrogen-bond donors (Lipinski definition) is 0. The van der Waals surface area contributed by atoms with Crippen molar-refractivity contribution in [3.8, 4) is 0 Å². The molecule has 23 heavy (non-hydrogen) atoms. The first-order valence-electron chi connectivity index (χ1n) is 8.08. The molecule has 0 saturated carbocycles. The summed E-state index contributed by atoms with van der Waals surface area (Å²) >= 11 is 0. The number of fused-ring (bicyclic) bond motifs is 1. The van der Waals surface area contributed by atoms with E-state index in [2.05, 4.69) is 17.1 Å². The highest BCUT2D eigenvalue weighted by Crippen LogP contribution is 2.30. The van der Waals surface area contributed by atoms with Gasteiger partial charge in [0.05, 0.1) is 0 Å². The molecule has 1 aromatic carbocycles. The topological polar surface area (TPSA) is 59.2 Å². The third kappa shape index (κ3) is 3.41. The molecule has 0 fully saturated rings. The maximum absolute atomic E-state index is 13.7. The summed E-state index contributed by atoms with van der Waals surface area (Å²) in [7, 11) is 0. The van der Waals surface area contributed by atoms with E-state index in [0.717, 1.165) is 18.7 Å². The van der Waals surface area contributed by atoms with Crippen LogP contribution in [0.5, 0.6) is 0 Å². The fraction of sp³-hybridized carbons (Fsp3) is 0.471. The maximum Gasteiger partial charge on any atom is 0.227 e. The number of nitrogens with zero attached hydrogens (tertiary/aromatic N) is 3. The summed E-state index contributed by atoms with van der Waals surface area (Å²) in [5.41, 5.74) is 1.35. The predicted octanol–water partition coefficient (Wildman–Crippen LogP) is 3.07. The second kappa shape index (κ2) is 6.89. The van der Waals surface area contributed by atoms with Crippen molar-refractivity contribution in [2.24, 2.45) is 0 Å². The third-order valence-electron chi connectivity index (χ3n) is 4.04. The summed E-state index contributed by atoms with van der Waals surface area (Å²) < 4.78 is 18.9. The molecule has 0 spiro atoms. The molecule has 2 heterocycles. The van der Waals surface area contributed by atoms with Crippen LogP contribution in [0, 0.1) is 5.82 Å². The molecule has 5 nitrogen and oxygen atoms in total. The van der Waals surface area contributed by atoms with Gasteiger partial charge in [-0.3, -0.25) is 4.79 Å². The summed E-state index contributed by atoms with van der Waals surface area (Å²) in [6.07, 6.45) is 3.99. The van der Waals surface area contributed by atoms with E-state index < -0.39 is 0 Å². The lowest BCUT2D eigenvalue weighted by Crippen LogP contribution is -2.28. The minimum atomic E-state index is -0.230. The predicted molar refractivity (Wildman–Crippen MR) is 83.7 cm³/mol. The number of aryl methyl sites for hydroxylation is 2. The number of halogens is 1. The van der Waals surface area contributed by atoms with Crippen LogP contribution < -0.4 is 4.90 Å². The lowest BCUT2D eigenvalue weighted by atomic mass is 10.1. The number of carbonyl (C=O) groups excluding carboxylic acids is 1. The first-order chi connectivity index (χ1) is 11.2. The molecule has 1 amide bonds. The van der Waals surface area contributed by atoms with E-state index in [1.807, 2.05) is 0 Å². The summed E-state index contributed by atoms with van der Waals surface area (Å²) in [6, 6.07) is 4.89. The Morgan fingerprint density at radius 3 is 3.09 bits per heavy atom. The largest absolute Gasteiger partial charge is 0.339 e. The van der Waals surface area contributed by atoms with E-state index in [1.54, 1.807) is 17.0 Å². The highest BCUT2D eigenvalue weighted by molar-refractivity contribution is 5.95. The Morgan fingerprint density at radius 1 is 1.39 bits per heavy atom. The van der Waals surface area contributed by atoms with Crippen molar-refractivity contribution in [2.45, 2.75) is 45.4 Å². The average Bonchev–Trinajstić information content (AvgIpc) is 3.15. The monoisotopic (exact) mass is 317 g/mol. The zero-order valence-corrected chi connectivity index (χ0v) is 13.2. The van der Waals surface area contributed by atoms with Crippen molar-refractivity contribution >= 4 is 11.6 Å². The first kappa shape index (κ1) is 15.6. The van der Waals surface area contributed by atoms with Gasteiger partial charge in [0.15, 0.2) is 5.82 Å². The molecule has 1 aromatic heterocycles. The van der Waals surface area contributed by atoms with Gasteiger partial charge in [0.25, 0.3) is 0 Å². The lowest BCUT2D eigenvalue weighted by molar-refractivity contribution is -0.118. The molecule has 3 rings (SSSR count). The molecule has 0 atom stereocenters. The Hall–Kier alpha value is -2.24. The van der Waals surface area contributed by atoms with Crippen LogP contribution in [0.3, 0.4) is 0 Å². The van der Waals surface area contributed by atoms with Crippen molar-refractivity contribution in [1.82, 2.24) is 10.1 Å². The van der Waals surface area contributed by atoms with Crippen molar-refractivity contribution in [3.63, 3.8) is 0 Å². The number of carbonyl (C=O) groups is 1. The van der Waals surface area contributed by atoms with E-state index in [1.165, 1.54) is 6.07 Å². The van der Waals surface area contributed by atoms with Gasteiger partial charge in [0, 0.05) is 37.1 Å². The fourth-order valence-electron chi connectivity index (χ4n) is 2.89. The molecule has 1 aliphatic heterocycles. The van der Waals surface area contributed by atoms with Gasteiger partial charge in [-0.15, -0.1) is 0 Å². The van der Waals surface area contributed by atoms with E-state index in [4.69, 9.17) is 4.52 Å². The van der Waals surface area contributed by atoms with Gasteiger partial charge in [-0.1, -0.05) is 18.1 Å². The van der Waals surface area contributed by atoms with Crippen molar-refractivity contribution < 1.29 is 13.7 Å². The van der Waals surface area contributed by atoms with Gasteiger partial charge in [0.2, 0.25) is 11.8 Å². The van der Waals surface area contributed by atoms with Crippen LogP contribution >= 0.6 is 0 Å². The first-order valence-corrected chi connectivity index (χ1v) is 8.08. The number of benzene rings is 1. The van der Waals surface area contributed by atoms with Crippen molar-refractivity contribution in [2.75, 3.05) is 11.4 Å². The minimum absolute atomic E-state index is 0.0163. The number of aromatic nitrogens is 2. The number of rotatable bonds is 6. The second-order valence-corrected chi connectivity index (χ2v) is 5.74. The Kier molecular flexibility index (Phi) is 4.69. The Balaban J connectivity index is 1.53. The van der Waals surface area contributed by atoms with Crippen LogP contribution in [-0.2, 0) is 24.1 Å². The molecule has 0 aliphatic carbocycles. The van der Waals surface area contributed by atoms with Gasteiger partial charge >= 0.3 is 0 Å². The highest BCUT2D eigenvalue weighted by atomic mass is 19.1. The highest BCUT2D eigenvalue weighted by Gasteiger charge is 2.26. The van der Waals surface area contributed by atoms with Crippen LogP contribution in [0.4, 0.5) is 10.1 Å². The third-order valence-corrected chi connectivity index (χ3v) is 4.04. The Morgan fingerprint density at radius 2 is 2.26 bits per heavy atom. The number of amides is 1. The van der Waals surface area contributed by atoms with Crippen LogP contribution in [-0.4, -0.2) is 22.6 Å². The maximum atomic E-state index is 13.7. The number of anilines is 1. The molecule has 0 radical (unpaired) electrons. The zero-order valence-electron chi connectivity index (χ0n) is 13.2. The summed E-state index contributed by atoms with van der Waals surface area (Å²) in [4.78, 5) is 18.3. The molecule has 0 bridgehead atoms. The zero-order chi connectivity index (χ0) is 16.2. The molecule has 0 N–H and O–H groups in total. The summed E-state index contributed by atoms with van der Waals surface area (Å²) in [5, 5.41) is 3.90. The normalized spacial score (nSPS) is 13.4. The SMILES string of the molecule is CCCc1noc(CCCC(=O)N2CCc3c(F)cccc32)n1. The van der Waals surface area contributed by atoms with Crippen LogP contribution in [0.1, 0.15) is 43.5 Å². The van der Waals surface area contributed by atoms with Gasteiger partial charge in [-0.2, -0.15) is 4.98 Å². The standard InChI is InChI=1S/C17H20FN3O2/c1-2-5-15-19-16(23-20-15)8-4-9-17(22)21-11-10-12-13(18)6-3-7-14(12)21/h3,6-7H,2,4-5,8-11H2,1H3. The molecule has 6 heteroatoms. The van der Waals surface area contributed by atoms with Crippen LogP contribution in [0.25, 0.3) is 0 Å². The number of hydrogen-bond acceptors (Lipinski definition) is 4. The molecule has 0 saturated heterocycles. The molecular formula is C17H20FN3O2. The Bertz CT molecular complexity index is 699. The van der Waals surface area contributed by atoms with Crippen LogP contribution in [0.2, 0.25) is 0 Å². The Labute approximate surface area is 134 Å². The molecule has 122 valence electrons. The van der Waals surface area contributed by atoms with E-state index >= 15 is 0 Å². The molecule has 2 aromatic rings. The molecule has 0 unspecified atom stereocenters. The van der Waals surface area contributed by atoms with Crippen molar-refractivity contribution in [3.05, 3.63) is 41.3 Å². The molecular weight excluding hydrogens is 297 g/mol. The summed E-state index contributed by atoms with van der Waals surface area (Å²) in [6.45, 7) is 2.61. The van der Waals surface area contributed by atoms with Gasteiger partial charge in [-0.25, -0.2) is 4.39 Å². The van der Waals surface area contributed by atoms with Gasteiger partial charge < -0.3 is 9.42 Å². The lowest BCUT2D eigenvalue weighted by Gasteiger charge is -2.17. The minimum Gasteiger partial charge on any atom is -0.339 e. The van der Waals surface area contributed by atoms with E-state index in [-0.39, 0.29) is 11.7 Å². The van der Waals surface area contributed by atoms with E-state index in [0.29, 0.717) is 49.4 Å². The average molecular weight is 317 g/mol. The second-order valence-electron chi connectivity index (χ2n) is 5.74. The van der Waals surface area contributed by atoms with Crippen molar-refractivity contribution in [1.29, 1.82) is 0 Å². The fourth-order valence-corrected chi connectivity index (χ4v) is 2.89.